The van der Waals surface area contributed by atoms with Gasteiger partial charge in [-0.15, -0.1) is 11.3 Å². The average Bonchev–Trinajstić information content (AvgIpc) is 3.00. The van der Waals surface area contributed by atoms with Crippen LogP contribution in [0.2, 0.25) is 0 Å². The number of non-ortho nitro benzene ring substituents is 1. The van der Waals surface area contributed by atoms with E-state index in [1.165, 1.54) is 36.7 Å². The first-order valence-corrected chi connectivity index (χ1v) is 6.91. The monoisotopic (exact) mass is 314 g/mol. The zero-order chi connectivity index (χ0) is 16.1. The number of ether oxygens (including phenoxy) is 1. The van der Waals surface area contributed by atoms with E-state index in [2.05, 4.69) is 4.74 Å². The number of nitriles is 1. The van der Waals surface area contributed by atoms with Gasteiger partial charge >= 0.3 is 5.97 Å². The zero-order valence-corrected chi connectivity index (χ0v) is 12.3. The Bertz CT molecular complexity index is 802. The van der Waals surface area contributed by atoms with Crippen LogP contribution in [0.1, 0.15) is 4.88 Å². The first-order valence-electron chi connectivity index (χ1n) is 6.10. The quantitative estimate of drug-likeness (QED) is 0.283. The number of nitrogens with zero attached hydrogens (tertiary/aromatic N) is 2. The van der Waals surface area contributed by atoms with Crippen molar-refractivity contribution in [3.63, 3.8) is 0 Å². The van der Waals surface area contributed by atoms with Crippen molar-refractivity contribution >= 4 is 29.1 Å². The van der Waals surface area contributed by atoms with Gasteiger partial charge < -0.3 is 4.74 Å². The lowest BCUT2D eigenvalue weighted by molar-refractivity contribution is -0.384. The van der Waals surface area contributed by atoms with E-state index in [1.807, 2.05) is 0 Å². The Kier molecular flexibility index (Phi) is 4.66. The van der Waals surface area contributed by atoms with Crippen molar-refractivity contribution in [2.24, 2.45) is 0 Å². The summed E-state index contributed by atoms with van der Waals surface area (Å²) in [6, 6.07) is 11.6. The summed E-state index contributed by atoms with van der Waals surface area (Å²) >= 11 is 1.32. The maximum absolute atomic E-state index is 11.4. The Hall–Kier alpha value is -2.98. The van der Waals surface area contributed by atoms with E-state index in [-0.39, 0.29) is 11.3 Å². The fourth-order valence-corrected chi connectivity index (χ4v) is 2.70. The molecule has 1 aromatic carbocycles. The molecule has 0 saturated carbocycles. The predicted octanol–water partition coefficient (Wildman–Crippen LogP) is 3.40. The second-order valence-electron chi connectivity index (χ2n) is 4.17. The second kappa shape index (κ2) is 6.65. The number of thiophene rings is 1. The minimum atomic E-state index is -0.701. The van der Waals surface area contributed by atoms with E-state index in [9.17, 15) is 14.9 Å². The van der Waals surface area contributed by atoms with Gasteiger partial charge in [-0.2, -0.15) is 5.26 Å². The molecule has 0 unspecified atom stereocenters. The van der Waals surface area contributed by atoms with Crippen LogP contribution in [-0.2, 0) is 9.53 Å². The zero-order valence-electron chi connectivity index (χ0n) is 11.5. The maximum atomic E-state index is 11.4. The van der Waals surface area contributed by atoms with Gasteiger partial charge in [0.15, 0.2) is 0 Å². The minimum Gasteiger partial charge on any atom is -0.465 e. The number of hydrogen-bond acceptors (Lipinski definition) is 6. The molecule has 0 aliphatic heterocycles. The average molecular weight is 314 g/mol. The van der Waals surface area contributed by atoms with Gasteiger partial charge in [-0.25, -0.2) is 4.79 Å². The molecule has 0 fully saturated rings. The molecule has 6 nitrogen and oxygen atoms in total. The van der Waals surface area contributed by atoms with Crippen molar-refractivity contribution < 1.29 is 14.5 Å². The molecule has 2 aromatic rings. The van der Waals surface area contributed by atoms with E-state index in [0.717, 1.165) is 4.88 Å². The highest BCUT2D eigenvalue weighted by molar-refractivity contribution is 7.16. The van der Waals surface area contributed by atoms with E-state index in [0.29, 0.717) is 10.4 Å². The third-order valence-corrected chi connectivity index (χ3v) is 3.86. The van der Waals surface area contributed by atoms with Gasteiger partial charge in [0.2, 0.25) is 0 Å². The first kappa shape index (κ1) is 15.4. The van der Waals surface area contributed by atoms with Crippen LogP contribution in [0.4, 0.5) is 5.69 Å². The van der Waals surface area contributed by atoms with Gasteiger partial charge in [-0.3, -0.25) is 10.1 Å². The molecular weight excluding hydrogens is 304 g/mol. The van der Waals surface area contributed by atoms with E-state index in [4.69, 9.17) is 5.26 Å². The van der Waals surface area contributed by atoms with Gasteiger partial charge in [-0.1, -0.05) is 12.1 Å². The molecular formula is C15H10N2O4S. The fourth-order valence-electron chi connectivity index (χ4n) is 1.75. The lowest BCUT2D eigenvalue weighted by atomic mass is 10.1. The Balaban J connectivity index is 2.34. The Labute approximate surface area is 130 Å². The predicted molar refractivity (Wildman–Crippen MR) is 82.0 cm³/mol. The molecule has 0 bridgehead atoms. The molecule has 2 rings (SSSR count). The van der Waals surface area contributed by atoms with Crippen LogP contribution >= 0.6 is 11.3 Å². The normalized spacial score (nSPS) is 10.8. The van der Waals surface area contributed by atoms with Crippen LogP contribution in [0.5, 0.6) is 0 Å². The van der Waals surface area contributed by atoms with E-state index in [1.54, 1.807) is 30.3 Å². The Morgan fingerprint density at radius 2 is 2.18 bits per heavy atom. The number of methoxy groups -OCH3 is 1. The SMILES string of the molecule is COC(=O)/C(C#N)=C/c1ccc(-c2cccc([N+](=O)[O-])c2)s1. The Morgan fingerprint density at radius 1 is 1.41 bits per heavy atom. The molecule has 0 amide bonds. The number of carbonyl (C=O) groups excluding carboxylic acids is 1. The summed E-state index contributed by atoms with van der Waals surface area (Å²) in [6.45, 7) is 0. The molecule has 0 atom stereocenters. The molecule has 0 radical (unpaired) electrons. The topological polar surface area (TPSA) is 93.2 Å². The standard InChI is InChI=1S/C15H10N2O4S/c1-21-15(18)11(9-16)8-13-5-6-14(22-13)10-3-2-4-12(7-10)17(19)20/h2-8H,1H3/b11-8+. The maximum Gasteiger partial charge on any atom is 0.348 e. The van der Waals surface area contributed by atoms with Crippen molar-refractivity contribution in [3.8, 4) is 16.5 Å². The van der Waals surface area contributed by atoms with Crippen LogP contribution in [0.25, 0.3) is 16.5 Å². The number of hydrogen-bond donors (Lipinski definition) is 0. The van der Waals surface area contributed by atoms with Crippen LogP contribution < -0.4 is 0 Å². The van der Waals surface area contributed by atoms with Crippen LogP contribution in [0.3, 0.4) is 0 Å². The van der Waals surface area contributed by atoms with Crippen molar-refractivity contribution in [2.45, 2.75) is 0 Å². The van der Waals surface area contributed by atoms with Crippen LogP contribution in [0, 0.1) is 21.4 Å². The first-order chi connectivity index (χ1) is 10.5. The third-order valence-electron chi connectivity index (χ3n) is 2.78. The summed E-state index contributed by atoms with van der Waals surface area (Å²) in [5.41, 5.74) is 0.612. The molecule has 22 heavy (non-hydrogen) atoms. The molecule has 0 spiro atoms. The van der Waals surface area contributed by atoms with Gasteiger partial charge in [0, 0.05) is 21.9 Å². The Morgan fingerprint density at radius 3 is 2.82 bits per heavy atom. The summed E-state index contributed by atoms with van der Waals surface area (Å²) in [7, 11) is 1.20. The number of nitro benzene ring substituents is 1. The summed E-state index contributed by atoms with van der Waals surface area (Å²) < 4.78 is 4.51. The highest BCUT2D eigenvalue weighted by atomic mass is 32.1. The van der Waals surface area contributed by atoms with Crippen molar-refractivity contribution in [3.05, 3.63) is 57.0 Å². The molecule has 1 aromatic heterocycles. The number of benzene rings is 1. The minimum absolute atomic E-state index is 0.00951. The lowest BCUT2D eigenvalue weighted by Crippen LogP contribution is -2.02. The van der Waals surface area contributed by atoms with Crippen LogP contribution in [0.15, 0.2) is 42.0 Å². The molecule has 0 aliphatic rings. The van der Waals surface area contributed by atoms with Gasteiger partial charge in [-0.05, 0) is 23.8 Å². The number of carbonyl (C=O) groups is 1. The van der Waals surface area contributed by atoms with Crippen molar-refractivity contribution in [2.75, 3.05) is 7.11 Å². The van der Waals surface area contributed by atoms with Crippen LogP contribution in [-0.4, -0.2) is 18.0 Å². The number of esters is 1. The molecule has 1 heterocycles. The number of nitro groups is 1. The molecule has 0 N–H and O–H groups in total. The second-order valence-corrected chi connectivity index (χ2v) is 5.29. The van der Waals surface area contributed by atoms with Crippen molar-refractivity contribution in [1.82, 2.24) is 0 Å². The van der Waals surface area contributed by atoms with Crippen molar-refractivity contribution in [1.29, 1.82) is 5.26 Å². The lowest BCUT2D eigenvalue weighted by Gasteiger charge is -1.97. The smallest absolute Gasteiger partial charge is 0.348 e. The summed E-state index contributed by atoms with van der Waals surface area (Å²) in [5.74, 6) is -0.701. The third kappa shape index (κ3) is 3.37. The van der Waals surface area contributed by atoms with E-state index < -0.39 is 10.9 Å². The fraction of sp³-hybridized carbons (Fsp3) is 0.0667. The summed E-state index contributed by atoms with van der Waals surface area (Å²) in [5, 5.41) is 19.7. The summed E-state index contributed by atoms with van der Waals surface area (Å²) in [4.78, 5) is 23.2. The number of rotatable bonds is 4. The highest BCUT2D eigenvalue weighted by Gasteiger charge is 2.11. The highest BCUT2D eigenvalue weighted by Crippen LogP contribution is 2.31. The largest absolute Gasteiger partial charge is 0.465 e. The molecule has 0 saturated heterocycles. The molecule has 7 heteroatoms. The van der Waals surface area contributed by atoms with Gasteiger partial charge in [0.1, 0.15) is 11.6 Å². The van der Waals surface area contributed by atoms with E-state index >= 15 is 0 Å². The van der Waals surface area contributed by atoms with Gasteiger partial charge in [0.25, 0.3) is 5.69 Å². The molecule has 110 valence electrons. The summed E-state index contributed by atoms with van der Waals surface area (Å²) in [6.07, 6.45) is 1.43. The van der Waals surface area contributed by atoms with Gasteiger partial charge in [0.05, 0.1) is 12.0 Å². The molecule has 0 aliphatic carbocycles.